The number of hydrogen-bond acceptors (Lipinski definition) is 2. The molecule has 1 aliphatic heterocycles. The van der Waals surface area contributed by atoms with E-state index in [4.69, 9.17) is 4.74 Å². The van der Waals surface area contributed by atoms with Crippen molar-refractivity contribution in [2.45, 2.75) is 46.7 Å². The average Bonchev–Trinajstić information content (AvgIpc) is 2.97. The summed E-state index contributed by atoms with van der Waals surface area (Å²) in [7, 11) is 0. The number of rotatable bonds is 7. The van der Waals surface area contributed by atoms with E-state index < -0.39 is 0 Å². The third kappa shape index (κ3) is 5.53. The van der Waals surface area contributed by atoms with Gasteiger partial charge in [-0.05, 0) is 57.4 Å². The lowest BCUT2D eigenvalue weighted by atomic mass is 10.1. The monoisotopic (exact) mass is 370 g/mol. The first-order valence-electron chi connectivity index (χ1n) is 9.89. The van der Waals surface area contributed by atoms with E-state index in [1.54, 1.807) is 12.1 Å². The molecule has 0 saturated carbocycles. The fourth-order valence-corrected chi connectivity index (χ4v) is 3.57. The molecule has 0 atom stereocenters. The number of morpholine rings is 1. The van der Waals surface area contributed by atoms with Gasteiger partial charge in [0.05, 0.1) is 13.2 Å². The molecular weight excluding hydrogens is 339 g/mol. The lowest BCUT2D eigenvalue weighted by molar-refractivity contribution is 0.0343. The molecule has 1 aromatic carbocycles. The summed E-state index contributed by atoms with van der Waals surface area (Å²) in [5.74, 6) is -0.170. The molecule has 3 nitrogen and oxygen atoms in total. The highest BCUT2D eigenvalue weighted by Gasteiger charge is 2.15. The van der Waals surface area contributed by atoms with Crippen LogP contribution >= 0.6 is 0 Å². The van der Waals surface area contributed by atoms with Crippen LogP contribution < -0.4 is 0 Å². The first-order valence-corrected chi connectivity index (χ1v) is 9.89. The summed E-state index contributed by atoms with van der Waals surface area (Å²) in [6.45, 7) is 11.6. The molecule has 1 fully saturated rings. The van der Waals surface area contributed by atoms with Gasteiger partial charge in [-0.3, -0.25) is 4.90 Å². The van der Waals surface area contributed by atoms with Gasteiger partial charge in [0.1, 0.15) is 5.82 Å². The van der Waals surface area contributed by atoms with Gasteiger partial charge in [0.2, 0.25) is 0 Å². The number of aromatic nitrogens is 1. The van der Waals surface area contributed by atoms with Crippen LogP contribution in [0.2, 0.25) is 0 Å². The van der Waals surface area contributed by atoms with Crippen molar-refractivity contribution in [1.29, 1.82) is 0 Å². The summed E-state index contributed by atoms with van der Waals surface area (Å²) in [5, 5.41) is 1.03. The zero-order valence-corrected chi connectivity index (χ0v) is 16.8. The number of allylic oxidation sites excluding steroid dienone is 4. The molecule has 0 spiro atoms. The summed E-state index contributed by atoms with van der Waals surface area (Å²) in [4.78, 5) is 2.38. The summed E-state index contributed by atoms with van der Waals surface area (Å²) >= 11 is 0. The minimum Gasteiger partial charge on any atom is -0.379 e. The molecule has 2 aromatic rings. The highest BCUT2D eigenvalue weighted by Crippen LogP contribution is 2.25. The molecule has 2 heterocycles. The Morgan fingerprint density at radius 1 is 1.15 bits per heavy atom. The molecule has 3 rings (SSSR count). The Hall–Kier alpha value is -1.91. The largest absolute Gasteiger partial charge is 0.379 e. The van der Waals surface area contributed by atoms with Crippen molar-refractivity contribution in [2.24, 2.45) is 0 Å². The van der Waals surface area contributed by atoms with Gasteiger partial charge in [-0.15, -0.1) is 0 Å². The normalized spacial score (nSPS) is 16.1. The molecular formula is C23H31FN2O. The van der Waals surface area contributed by atoms with E-state index in [2.05, 4.69) is 48.6 Å². The topological polar surface area (TPSA) is 17.4 Å². The molecule has 1 aromatic heterocycles. The van der Waals surface area contributed by atoms with Crippen molar-refractivity contribution >= 4 is 10.9 Å². The molecule has 1 aliphatic rings. The van der Waals surface area contributed by atoms with Crippen LogP contribution in [0.1, 0.15) is 39.2 Å². The molecule has 0 N–H and O–H groups in total. The second-order valence-electron chi connectivity index (χ2n) is 7.73. The first-order chi connectivity index (χ1) is 13.0. The van der Waals surface area contributed by atoms with Crippen LogP contribution in [0.4, 0.5) is 4.39 Å². The Balaban J connectivity index is 1.77. The van der Waals surface area contributed by atoms with E-state index in [1.807, 2.05) is 6.07 Å². The fraction of sp³-hybridized carbons (Fsp3) is 0.478. The van der Waals surface area contributed by atoms with E-state index >= 15 is 0 Å². The summed E-state index contributed by atoms with van der Waals surface area (Å²) in [6, 6.07) is 5.13. The first kappa shape index (κ1) is 19.8. The Kier molecular flexibility index (Phi) is 6.86. The van der Waals surface area contributed by atoms with Crippen molar-refractivity contribution in [3.8, 4) is 0 Å². The van der Waals surface area contributed by atoms with E-state index in [0.29, 0.717) is 0 Å². The highest BCUT2D eigenvalue weighted by molar-refractivity contribution is 5.84. The third-order valence-corrected chi connectivity index (χ3v) is 5.15. The lowest BCUT2D eigenvalue weighted by Crippen LogP contribution is -2.35. The van der Waals surface area contributed by atoms with Crippen molar-refractivity contribution in [1.82, 2.24) is 9.47 Å². The molecule has 1 saturated heterocycles. The van der Waals surface area contributed by atoms with Crippen molar-refractivity contribution in [3.05, 3.63) is 59.1 Å². The zero-order valence-electron chi connectivity index (χ0n) is 16.8. The van der Waals surface area contributed by atoms with E-state index in [-0.39, 0.29) is 5.82 Å². The summed E-state index contributed by atoms with van der Waals surface area (Å²) in [5.41, 5.74) is 5.06. The van der Waals surface area contributed by atoms with Crippen LogP contribution in [-0.2, 0) is 17.8 Å². The second-order valence-corrected chi connectivity index (χ2v) is 7.73. The molecule has 146 valence electrons. The third-order valence-electron chi connectivity index (χ3n) is 5.15. The molecule has 0 aliphatic carbocycles. The predicted molar refractivity (Wildman–Crippen MR) is 110 cm³/mol. The maximum absolute atomic E-state index is 13.9. The number of hydrogen-bond donors (Lipinski definition) is 0. The van der Waals surface area contributed by atoms with E-state index in [9.17, 15) is 4.39 Å². The molecule has 0 unspecified atom stereocenters. The van der Waals surface area contributed by atoms with Gasteiger partial charge in [0.15, 0.2) is 0 Å². The summed E-state index contributed by atoms with van der Waals surface area (Å²) < 4.78 is 21.6. The summed E-state index contributed by atoms with van der Waals surface area (Å²) in [6.07, 6.45) is 8.94. The number of halogens is 1. The zero-order chi connectivity index (χ0) is 19.2. The molecule has 0 bridgehead atoms. The number of ether oxygens (including phenoxy) is 1. The quantitative estimate of drug-likeness (QED) is 0.615. The van der Waals surface area contributed by atoms with Crippen molar-refractivity contribution in [2.75, 3.05) is 26.3 Å². The van der Waals surface area contributed by atoms with Crippen LogP contribution in [-0.4, -0.2) is 35.8 Å². The van der Waals surface area contributed by atoms with Gasteiger partial charge in [0, 0.05) is 43.3 Å². The Labute approximate surface area is 162 Å². The predicted octanol–water partition coefficient (Wildman–Crippen LogP) is 5.31. The molecule has 0 radical (unpaired) electrons. The highest BCUT2D eigenvalue weighted by atomic mass is 19.1. The van der Waals surface area contributed by atoms with E-state index in [0.717, 1.165) is 63.1 Å². The van der Waals surface area contributed by atoms with Crippen molar-refractivity contribution in [3.63, 3.8) is 0 Å². The smallest absolute Gasteiger partial charge is 0.123 e. The van der Waals surface area contributed by atoms with Crippen LogP contribution in [0.5, 0.6) is 0 Å². The lowest BCUT2D eigenvalue weighted by Gasteiger charge is -2.26. The van der Waals surface area contributed by atoms with Gasteiger partial charge in [0.25, 0.3) is 0 Å². The van der Waals surface area contributed by atoms with E-state index in [1.165, 1.54) is 16.7 Å². The standard InChI is InChI=1S/C23H31FN2O/c1-18(2)5-4-6-19(3)9-10-26-17-20(16-25-11-13-27-14-12-25)22-15-21(24)7-8-23(22)26/h5,7-9,15,17H,4,6,10-14,16H2,1-3H3. The SMILES string of the molecule is CC(C)=CCCC(C)=CCn1cc(CN2CCOCC2)c2cc(F)ccc21. The minimum absolute atomic E-state index is 0.170. The number of fused-ring (bicyclic) bond motifs is 1. The second kappa shape index (κ2) is 9.34. The maximum Gasteiger partial charge on any atom is 0.123 e. The minimum atomic E-state index is -0.170. The van der Waals surface area contributed by atoms with Crippen LogP contribution in [0.15, 0.2) is 47.7 Å². The van der Waals surface area contributed by atoms with Crippen LogP contribution in [0, 0.1) is 5.82 Å². The molecule has 0 amide bonds. The Bertz CT molecular complexity index is 824. The van der Waals surface area contributed by atoms with Gasteiger partial charge in [-0.2, -0.15) is 0 Å². The van der Waals surface area contributed by atoms with Gasteiger partial charge >= 0.3 is 0 Å². The average molecular weight is 371 g/mol. The maximum atomic E-state index is 13.9. The van der Waals surface area contributed by atoms with Crippen LogP contribution in [0.3, 0.4) is 0 Å². The Morgan fingerprint density at radius 2 is 1.93 bits per heavy atom. The number of nitrogens with zero attached hydrogens (tertiary/aromatic N) is 2. The van der Waals surface area contributed by atoms with Gasteiger partial charge < -0.3 is 9.30 Å². The Morgan fingerprint density at radius 3 is 2.67 bits per heavy atom. The van der Waals surface area contributed by atoms with Gasteiger partial charge in [-0.25, -0.2) is 4.39 Å². The number of benzene rings is 1. The van der Waals surface area contributed by atoms with Crippen molar-refractivity contribution < 1.29 is 9.13 Å². The van der Waals surface area contributed by atoms with Gasteiger partial charge in [-0.1, -0.05) is 23.3 Å². The fourth-order valence-electron chi connectivity index (χ4n) is 3.57. The van der Waals surface area contributed by atoms with Crippen LogP contribution in [0.25, 0.3) is 10.9 Å². The molecule has 27 heavy (non-hydrogen) atoms. The molecule has 4 heteroatoms.